The first-order valence-electron chi connectivity index (χ1n) is 12.7. The molecule has 1 aliphatic carbocycles. The van der Waals surface area contributed by atoms with Crippen LogP contribution in [0.15, 0.2) is 56.7 Å². The Hall–Kier alpha value is -3.77. The van der Waals surface area contributed by atoms with Crippen LogP contribution >= 0.6 is 35.3 Å². The van der Waals surface area contributed by atoms with Crippen molar-refractivity contribution < 1.29 is 42.3 Å². The van der Waals surface area contributed by atoms with Crippen LogP contribution in [0.2, 0.25) is 0 Å². The first-order valence-corrected chi connectivity index (χ1v) is 16.3. The van der Waals surface area contributed by atoms with Gasteiger partial charge in [-0.25, -0.2) is 8.42 Å². The van der Waals surface area contributed by atoms with Gasteiger partial charge in [-0.1, -0.05) is 30.0 Å². The Morgan fingerprint density at radius 3 is 2.51 bits per heavy atom. The SMILES string of the molecule is O=C(O)CN1C(=O)/C(=c2\s/c(=C3/C=C(C=C4Sc5ccccc5N4CCCS(=O)(=O)[O-])CC3)c(=O)n2CC(=O)O)OC1=S. The maximum atomic E-state index is 13.4. The molecule has 1 aromatic heterocycles. The quantitative estimate of drug-likeness (QED) is 0.281. The standard InChI is InChI=1S/C26H23N3O10S4/c30-19(31)12-28-24(35)22(42-25(28)21-23(34)29(13-20(32)33)26(40)39-21)15-7-6-14(10-15)11-18-27(8-3-9-43(36,37)38)16-4-1-2-5-17(16)41-18/h1-2,4-5,10-11H,3,6-9,12-13H2,(H,30,31)(H,32,33)(H,36,37,38)/p-1/b18-11?,22-15+,25-21+. The molecule has 226 valence electrons. The summed E-state index contributed by atoms with van der Waals surface area (Å²) in [6.45, 7) is -1.21. The Balaban J connectivity index is 1.54. The van der Waals surface area contributed by atoms with Crippen molar-refractivity contribution in [1.29, 1.82) is 0 Å². The number of carbonyl (C=O) groups excluding carboxylic acids is 1. The third-order valence-corrected chi connectivity index (χ3v) is 10.0. The molecule has 2 N–H and O–H groups in total. The first-order chi connectivity index (χ1) is 20.3. The van der Waals surface area contributed by atoms with Crippen molar-refractivity contribution in [3.05, 3.63) is 66.6 Å². The van der Waals surface area contributed by atoms with Gasteiger partial charge in [-0.05, 0) is 60.8 Å². The summed E-state index contributed by atoms with van der Waals surface area (Å²) in [6, 6.07) is 7.59. The third kappa shape index (κ3) is 6.59. The van der Waals surface area contributed by atoms with Crippen molar-refractivity contribution in [3.63, 3.8) is 0 Å². The van der Waals surface area contributed by atoms with Gasteiger partial charge in [0.15, 0.2) is 0 Å². The third-order valence-electron chi connectivity index (χ3n) is 6.57. The highest BCUT2D eigenvalue weighted by Gasteiger charge is 2.37. The van der Waals surface area contributed by atoms with E-state index in [1.54, 1.807) is 0 Å². The number of aromatic nitrogens is 1. The molecule has 0 radical (unpaired) electrons. The maximum absolute atomic E-state index is 13.4. The number of amides is 1. The molecule has 1 fully saturated rings. The van der Waals surface area contributed by atoms with Crippen LogP contribution in [-0.4, -0.2) is 74.5 Å². The molecule has 0 atom stereocenters. The van der Waals surface area contributed by atoms with Crippen LogP contribution in [0.3, 0.4) is 0 Å². The number of allylic oxidation sites excluding steroid dienone is 3. The van der Waals surface area contributed by atoms with E-state index >= 15 is 0 Å². The molecule has 3 aliphatic rings. The molecule has 43 heavy (non-hydrogen) atoms. The number of carboxylic acid groups (broad SMARTS) is 2. The molecule has 2 aliphatic heterocycles. The molecular weight excluding hydrogens is 643 g/mol. The summed E-state index contributed by atoms with van der Waals surface area (Å²) in [5.74, 6) is -4.46. The number of ether oxygens (including phenoxy) is 1. The van der Waals surface area contributed by atoms with Gasteiger partial charge < -0.3 is 24.4 Å². The fourth-order valence-electron chi connectivity index (χ4n) is 4.75. The van der Waals surface area contributed by atoms with Gasteiger partial charge in [0.2, 0.25) is 5.76 Å². The largest absolute Gasteiger partial charge is 0.748 e. The van der Waals surface area contributed by atoms with E-state index in [0.29, 0.717) is 29.9 Å². The zero-order chi connectivity index (χ0) is 31.1. The lowest BCUT2D eigenvalue weighted by Gasteiger charge is -2.21. The normalized spacial score (nSPS) is 20.1. The number of thioether (sulfide) groups is 1. The average molecular weight is 665 g/mol. The van der Waals surface area contributed by atoms with Crippen molar-refractivity contribution in [3.8, 4) is 0 Å². The van der Waals surface area contributed by atoms with Crippen LogP contribution < -0.4 is 19.7 Å². The van der Waals surface area contributed by atoms with E-state index < -0.39 is 63.3 Å². The second kappa shape index (κ2) is 12.1. The Bertz CT molecular complexity index is 1920. The number of anilines is 1. The van der Waals surface area contributed by atoms with Crippen LogP contribution in [0, 0.1) is 0 Å². The number of nitrogens with zero attached hydrogens (tertiary/aromatic N) is 3. The number of aliphatic carboxylic acids is 2. The first kappa shape index (κ1) is 30.7. The molecule has 5 rings (SSSR count). The number of hydrogen-bond acceptors (Lipinski definition) is 12. The van der Waals surface area contributed by atoms with Gasteiger partial charge in [0.25, 0.3) is 10.7 Å². The Kier molecular flexibility index (Phi) is 8.62. The van der Waals surface area contributed by atoms with Crippen LogP contribution in [0.1, 0.15) is 19.3 Å². The van der Waals surface area contributed by atoms with Crippen LogP contribution in [-0.2, 0) is 35.8 Å². The summed E-state index contributed by atoms with van der Waals surface area (Å²) in [5, 5.41) is 18.9. The summed E-state index contributed by atoms with van der Waals surface area (Å²) >= 11 is 7.34. The zero-order valence-corrected chi connectivity index (χ0v) is 25.3. The highest BCUT2D eigenvalue weighted by Crippen LogP contribution is 2.46. The Morgan fingerprint density at radius 2 is 1.81 bits per heavy atom. The second-order valence-corrected chi connectivity index (χ2v) is 13.5. The number of para-hydroxylation sites is 1. The summed E-state index contributed by atoms with van der Waals surface area (Å²) < 4.78 is 39.8. The smallest absolute Gasteiger partial charge is 0.323 e. The molecule has 0 saturated carbocycles. The predicted molar refractivity (Wildman–Crippen MR) is 160 cm³/mol. The van der Waals surface area contributed by atoms with Crippen molar-refractivity contribution >= 4 is 85.5 Å². The number of carboxylic acids is 2. The van der Waals surface area contributed by atoms with E-state index in [4.69, 9.17) is 22.1 Å². The highest BCUT2D eigenvalue weighted by atomic mass is 32.2. The van der Waals surface area contributed by atoms with Gasteiger partial charge in [-0.2, -0.15) is 0 Å². The van der Waals surface area contributed by atoms with Gasteiger partial charge in [-0.15, -0.1) is 11.3 Å². The Labute approximate surface area is 257 Å². The second-order valence-electron chi connectivity index (χ2n) is 9.57. The Morgan fingerprint density at radius 1 is 1.09 bits per heavy atom. The minimum absolute atomic E-state index is 0.0864. The summed E-state index contributed by atoms with van der Waals surface area (Å²) in [7, 11) is -4.36. The fourth-order valence-corrected chi connectivity index (χ4v) is 7.79. The number of carbonyl (C=O) groups is 3. The van der Waals surface area contributed by atoms with Crippen molar-refractivity contribution in [2.45, 2.75) is 30.7 Å². The van der Waals surface area contributed by atoms with E-state index in [-0.39, 0.29) is 15.6 Å². The van der Waals surface area contributed by atoms with Crippen molar-refractivity contribution in [2.24, 2.45) is 0 Å². The number of benzene rings is 1. The number of hydrogen-bond donors (Lipinski definition) is 2. The maximum Gasteiger partial charge on any atom is 0.323 e. The fraction of sp³-hybridized carbons (Fsp3) is 0.269. The van der Waals surface area contributed by atoms with E-state index in [1.807, 2.05) is 41.3 Å². The number of rotatable bonds is 9. The van der Waals surface area contributed by atoms with Gasteiger partial charge in [0, 0.05) is 17.2 Å². The van der Waals surface area contributed by atoms with Crippen LogP contribution in [0.5, 0.6) is 0 Å². The number of thiazole rings is 1. The number of thiocarbonyl (C=S) groups is 1. The zero-order valence-electron chi connectivity index (χ0n) is 22.0. The summed E-state index contributed by atoms with van der Waals surface area (Å²) in [4.78, 5) is 52.7. The molecule has 3 heterocycles. The lowest BCUT2D eigenvalue weighted by Crippen LogP contribution is -2.37. The van der Waals surface area contributed by atoms with Crippen molar-refractivity contribution in [2.75, 3.05) is 23.7 Å². The monoisotopic (exact) mass is 664 g/mol. The molecule has 1 saturated heterocycles. The molecule has 1 aromatic carbocycles. The molecule has 0 spiro atoms. The minimum atomic E-state index is -4.36. The molecule has 1 amide bonds. The number of fused-ring (bicyclic) bond motifs is 1. The summed E-state index contributed by atoms with van der Waals surface area (Å²) in [6.07, 6.45) is 4.87. The van der Waals surface area contributed by atoms with Gasteiger partial charge in [0.1, 0.15) is 17.8 Å². The van der Waals surface area contributed by atoms with E-state index in [9.17, 15) is 37.3 Å². The molecule has 2 aromatic rings. The van der Waals surface area contributed by atoms with E-state index in [0.717, 1.165) is 37.1 Å². The highest BCUT2D eigenvalue weighted by molar-refractivity contribution is 8.03. The van der Waals surface area contributed by atoms with Crippen molar-refractivity contribution in [1.82, 2.24) is 9.47 Å². The molecular formula is C26H22N3O10S4-. The topological polar surface area (TPSA) is 187 Å². The summed E-state index contributed by atoms with van der Waals surface area (Å²) in [5.41, 5.74) is 1.72. The molecule has 17 heteroatoms. The molecule has 13 nitrogen and oxygen atoms in total. The van der Waals surface area contributed by atoms with Gasteiger partial charge in [-0.3, -0.25) is 28.6 Å². The molecule has 0 unspecified atom stereocenters. The van der Waals surface area contributed by atoms with Crippen LogP contribution in [0.25, 0.3) is 11.3 Å². The lowest BCUT2D eigenvalue weighted by atomic mass is 10.2. The van der Waals surface area contributed by atoms with E-state index in [1.165, 1.54) is 11.8 Å². The van der Waals surface area contributed by atoms with E-state index in [2.05, 4.69) is 0 Å². The molecule has 0 bridgehead atoms. The van der Waals surface area contributed by atoms with Crippen LogP contribution in [0.4, 0.5) is 5.69 Å². The lowest BCUT2D eigenvalue weighted by molar-refractivity contribution is -0.140. The van der Waals surface area contributed by atoms with Gasteiger partial charge in [0.05, 0.1) is 25.4 Å². The van der Waals surface area contributed by atoms with Gasteiger partial charge >= 0.3 is 17.8 Å². The minimum Gasteiger partial charge on any atom is -0.748 e. The predicted octanol–water partition coefficient (Wildman–Crippen LogP) is 0.591. The average Bonchev–Trinajstić information content (AvgIpc) is 3.66.